The molecule has 1 aromatic heterocycles. The van der Waals surface area contributed by atoms with Crippen molar-refractivity contribution in [3.05, 3.63) is 11.7 Å². The maximum absolute atomic E-state index is 10.4. The third kappa shape index (κ3) is 1.59. The van der Waals surface area contributed by atoms with Gasteiger partial charge in [-0.2, -0.15) is 4.98 Å². The van der Waals surface area contributed by atoms with Gasteiger partial charge in [0.25, 0.3) is 5.82 Å². The summed E-state index contributed by atoms with van der Waals surface area (Å²) in [7, 11) is 0. The summed E-state index contributed by atoms with van der Waals surface area (Å²) in [6.45, 7) is 0.454. The van der Waals surface area contributed by atoms with Gasteiger partial charge < -0.3 is 20.1 Å². The van der Waals surface area contributed by atoms with E-state index in [1.165, 1.54) is 0 Å². The molecule has 3 N–H and O–H groups in total. The van der Waals surface area contributed by atoms with Gasteiger partial charge in [-0.25, -0.2) is 4.79 Å². The molecular weight excluding hydrogens is 190 g/mol. The van der Waals surface area contributed by atoms with Gasteiger partial charge in [0.1, 0.15) is 0 Å². The molecule has 0 bridgehead atoms. The third-order valence-electron chi connectivity index (χ3n) is 2.04. The monoisotopic (exact) mass is 199 g/mol. The summed E-state index contributed by atoms with van der Waals surface area (Å²) in [5, 5.41) is 24.0. The van der Waals surface area contributed by atoms with Gasteiger partial charge in [0, 0.05) is 6.54 Å². The average molecular weight is 199 g/mol. The number of aromatic nitrogens is 2. The normalized spacial score (nSPS) is 26.6. The zero-order valence-corrected chi connectivity index (χ0v) is 7.17. The van der Waals surface area contributed by atoms with Crippen LogP contribution in [0.15, 0.2) is 4.52 Å². The van der Waals surface area contributed by atoms with Gasteiger partial charge in [-0.15, -0.1) is 0 Å². The second kappa shape index (κ2) is 3.35. The second-order valence-electron chi connectivity index (χ2n) is 3.11. The molecule has 1 saturated heterocycles. The Bertz CT molecular complexity index is 350. The lowest BCUT2D eigenvalue weighted by molar-refractivity contribution is 0.0680. The Balaban J connectivity index is 2.13. The van der Waals surface area contributed by atoms with Crippen LogP contribution in [0.3, 0.4) is 0 Å². The van der Waals surface area contributed by atoms with Crippen LogP contribution in [0.4, 0.5) is 0 Å². The van der Waals surface area contributed by atoms with E-state index in [1.807, 2.05) is 0 Å². The Morgan fingerprint density at radius 2 is 2.43 bits per heavy atom. The lowest BCUT2D eigenvalue weighted by Crippen LogP contribution is -2.15. The maximum Gasteiger partial charge on any atom is 0.377 e. The Kier molecular flexibility index (Phi) is 2.18. The fourth-order valence-electron chi connectivity index (χ4n) is 1.37. The van der Waals surface area contributed by atoms with Crippen LogP contribution in [-0.2, 0) is 0 Å². The number of aromatic carboxylic acids is 1. The van der Waals surface area contributed by atoms with Crippen molar-refractivity contribution in [2.24, 2.45) is 0 Å². The number of hydrogen-bond acceptors (Lipinski definition) is 6. The molecule has 0 saturated carbocycles. The third-order valence-corrected chi connectivity index (χ3v) is 2.04. The fourth-order valence-corrected chi connectivity index (χ4v) is 1.37. The Morgan fingerprint density at radius 1 is 1.64 bits per heavy atom. The van der Waals surface area contributed by atoms with Crippen molar-refractivity contribution in [3.8, 4) is 0 Å². The van der Waals surface area contributed by atoms with Crippen molar-refractivity contribution >= 4 is 5.97 Å². The zero-order chi connectivity index (χ0) is 10.1. The van der Waals surface area contributed by atoms with Crippen molar-refractivity contribution in [1.29, 1.82) is 0 Å². The van der Waals surface area contributed by atoms with Gasteiger partial charge in [-0.3, -0.25) is 0 Å². The molecule has 7 nitrogen and oxygen atoms in total. The van der Waals surface area contributed by atoms with Crippen molar-refractivity contribution in [2.75, 3.05) is 6.54 Å². The van der Waals surface area contributed by atoms with Crippen molar-refractivity contribution in [2.45, 2.75) is 18.6 Å². The van der Waals surface area contributed by atoms with E-state index in [1.54, 1.807) is 0 Å². The minimum absolute atomic E-state index is 0.207. The summed E-state index contributed by atoms with van der Waals surface area (Å²) in [4.78, 5) is 14.1. The molecule has 0 aliphatic carbocycles. The average Bonchev–Trinajstić information content (AvgIpc) is 2.70. The van der Waals surface area contributed by atoms with E-state index >= 15 is 0 Å². The van der Waals surface area contributed by atoms with Crippen molar-refractivity contribution < 1.29 is 19.5 Å². The highest BCUT2D eigenvalue weighted by atomic mass is 16.5. The van der Waals surface area contributed by atoms with Crippen molar-refractivity contribution in [3.63, 3.8) is 0 Å². The molecule has 2 atom stereocenters. The van der Waals surface area contributed by atoms with E-state index < -0.39 is 12.1 Å². The van der Waals surface area contributed by atoms with Crippen LogP contribution >= 0.6 is 0 Å². The first kappa shape index (κ1) is 9.10. The van der Waals surface area contributed by atoms with E-state index in [4.69, 9.17) is 9.63 Å². The van der Waals surface area contributed by atoms with Gasteiger partial charge in [-0.05, 0) is 11.6 Å². The first-order chi connectivity index (χ1) is 6.66. The maximum atomic E-state index is 10.4. The largest absolute Gasteiger partial charge is 0.475 e. The van der Waals surface area contributed by atoms with Crippen LogP contribution in [-0.4, -0.2) is 39.0 Å². The van der Waals surface area contributed by atoms with Crippen LogP contribution in [0.1, 0.15) is 29.0 Å². The topological polar surface area (TPSA) is 108 Å². The number of carboxylic acid groups (broad SMARTS) is 1. The van der Waals surface area contributed by atoms with E-state index in [0.717, 1.165) is 0 Å². The first-order valence-electron chi connectivity index (χ1n) is 4.15. The zero-order valence-electron chi connectivity index (χ0n) is 7.17. The molecule has 0 spiro atoms. The van der Waals surface area contributed by atoms with Crippen LogP contribution in [0.2, 0.25) is 0 Å². The minimum Gasteiger partial charge on any atom is -0.475 e. The molecule has 7 heteroatoms. The molecule has 1 aliphatic heterocycles. The van der Waals surface area contributed by atoms with Gasteiger partial charge in [0.2, 0.25) is 5.89 Å². The van der Waals surface area contributed by atoms with Crippen LogP contribution in [0.25, 0.3) is 0 Å². The molecular formula is C7H9N3O4. The number of β-amino-alcohol motifs (C(OH)–C–C–N with tert-alkyl or cyclic N) is 1. The van der Waals surface area contributed by atoms with E-state index in [0.29, 0.717) is 13.0 Å². The van der Waals surface area contributed by atoms with Gasteiger partial charge in [-0.1, -0.05) is 0 Å². The summed E-state index contributed by atoms with van der Waals surface area (Å²) < 4.78 is 4.74. The number of rotatable bonds is 2. The number of nitrogens with zero attached hydrogens (tertiary/aromatic N) is 2. The SMILES string of the molecule is O=C(O)c1noc(C2CC(O)CN2)n1. The Labute approximate surface area is 78.7 Å². The molecule has 1 fully saturated rings. The smallest absolute Gasteiger partial charge is 0.377 e. The number of hydrogen-bond donors (Lipinski definition) is 3. The molecule has 2 unspecified atom stereocenters. The highest BCUT2D eigenvalue weighted by Gasteiger charge is 2.28. The van der Waals surface area contributed by atoms with Gasteiger partial charge >= 0.3 is 5.97 Å². The molecule has 1 aromatic rings. The summed E-state index contributed by atoms with van der Waals surface area (Å²) in [5.41, 5.74) is 0. The predicted octanol–water partition coefficient (Wildman–Crippen LogP) is -0.837. The lowest BCUT2D eigenvalue weighted by atomic mass is 10.2. The highest BCUT2D eigenvalue weighted by Crippen LogP contribution is 2.21. The van der Waals surface area contributed by atoms with Crippen LogP contribution in [0.5, 0.6) is 0 Å². The molecule has 2 rings (SSSR count). The van der Waals surface area contributed by atoms with E-state index in [9.17, 15) is 9.90 Å². The number of carboxylic acids is 1. The Morgan fingerprint density at radius 3 is 2.93 bits per heavy atom. The summed E-state index contributed by atoms with van der Waals surface area (Å²) in [6, 6.07) is -0.245. The quantitative estimate of drug-likeness (QED) is 0.570. The number of aliphatic hydroxyl groups excluding tert-OH is 1. The predicted molar refractivity (Wildman–Crippen MR) is 42.6 cm³/mol. The van der Waals surface area contributed by atoms with Crippen molar-refractivity contribution in [1.82, 2.24) is 15.5 Å². The molecule has 76 valence electrons. The number of aliphatic hydroxyl groups is 1. The molecule has 0 amide bonds. The number of carbonyl (C=O) groups is 1. The first-order valence-corrected chi connectivity index (χ1v) is 4.15. The summed E-state index contributed by atoms with van der Waals surface area (Å²) in [5.74, 6) is -1.37. The van der Waals surface area contributed by atoms with E-state index in [-0.39, 0.29) is 17.8 Å². The molecule has 2 heterocycles. The molecule has 1 aliphatic rings. The van der Waals surface area contributed by atoms with Gasteiger partial charge in [0.15, 0.2) is 0 Å². The second-order valence-corrected chi connectivity index (χ2v) is 3.11. The standard InChI is InChI=1S/C7H9N3O4/c11-3-1-4(8-2-3)6-9-5(7(12)13)10-14-6/h3-4,8,11H,1-2H2,(H,12,13). The Hall–Kier alpha value is -1.47. The van der Waals surface area contributed by atoms with Crippen LogP contribution < -0.4 is 5.32 Å². The fraction of sp³-hybridized carbons (Fsp3) is 0.571. The van der Waals surface area contributed by atoms with Gasteiger partial charge in [0.05, 0.1) is 12.1 Å². The molecule has 0 radical (unpaired) electrons. The minimum atomic E-state index is -1.22. The number of nitrogens with one attached hydrogen (secondary N) is 1. The highest BCUT2D eigenvalue weighted by molar-refractivity contribution is 5.82. The van der Waals surface area contributed by atoms with Crippen LogP contribution in [0, 0.1) is 0 Å². The van der Waals surface area contributed by atoms with E-state index in [2.05, 4.69) is 15.5 Å². The molecule has 0 aromatic carbocycles. The summed E-state index contributed by atoms with van der Waals surface area (Å²) in [6.07, 6.45) is 0.0153. The summed E-state index contributed by atoms with van der Waals surface area (Å²) >= 11 is 0. The molecule has 14 heavy (non-hydrogen) atoms. The lowest BCUT2D eigenvalue weighted by Gasteiger charge is -2.01.